The van der Waals surface area contributed by atoms with Crippen molar-refractivity contribution in [3.8, 4) is 5.75 Å². The molecular formula is C20H33IN4O4. The number of hydrogen-bond acceptors (Lipinski definition) is 5. The van der Waals surface area contributed by atoms with Gasteiger partial charge in [0.1, 0.15) is 5.75 Å². The summed E-state index contributed by atoms with van der Waals surface area (Å²) in [6.07, 6.45) is 3.40. The maximum atomic E-state index is 12.1. The molecule has 8 nitrogen and oxygen atoms in total. The zero-order chi connectivity index (χ0) is 20.0. The molecule has 164 valence electrons. The lowest BCUT2D eigenvalue weighted by molar-refractivity contribution is 0.0168. The first-order chi connectivity index (χ1) is 13.7. The highest BCUT2D eigenvalue weighted by Gasteiger charge is 2.14. The number of carbonyl (C=O) groups excluding carboxylic acids is 1. The van der Waals surface area contributed by atoms with Gasteiger partial charge in [-0.05, 0) is 43.5 Å². The Balaban J connectivity index is 0.00000420. The van der Waals surface area contributed by atoms with Crippen LogP contribution in [0.2, 0.25) is 0 Å². The van der Waals surface area contributed by atoms with Crippen LogP contribution in [0.1, 0.15) is 29.6 Å². The van der Waals surface area contributed by atoms with Crippen LogP contribution >= 0.6 is 24.0 Å². The molecule has 2 rings (SSSR count). The van der Waals surface area contributed by atoms with Crippen LogP contribution in [0.15, 0.2) is 29.3 Å². The van der Waals surface area contributed by atoms with Crippen molar-refractivity contribution in [3.05, 3.63) is 29.8 Å². The van der Waals surface area contributed by atoms with Gasteiger partial charge in [0.25, 0.3) is 5.91 Å². The second kappa shape index (κ2) is 15.3. The van der Waals surface area contributed by atoms with E-state index in [9.17, 15) is 4.79 Å². The Hall–Kier alpha value is -1.59. The summed E-state index contributed by atoms with van der Waals surface area (Å²) in [5.41, 5.74) is 0.603. The van der Waals surface area contributed by atoms with Gasteiger partial charge >= 0.3 is 0 Å². The third kappa shape index (κ3) is 10.1. The minimum atomic E-state index is -0.115. The largest absolute Gasteiger partial charge is 0.497 e. The number of nitrogens with one attached hydrogen (secondary N) is 3. The van der Waals surface area contributed by atoms with Crippen LogP contribution in [0, 0.1) is 0 Å². The van der Waals surface area contributed by atoms with Crippen molar-refractivity contribution >= 4 is 35.8 Å². The average molecular weight is 520 g/mol. The summed E-state index contributed by atoms with van der Waals surface area (Å²) in [5, 5.41) is 9.27. The number of carbonyl (C=O) groups is 1. The van der Waals surface area contributed by atoms with Crippen LogP contribution < -0.4 is 20.7 Å². The maximum absolute atomic E-state index is 12.1. The Morgan fingerprint density at radius 3 is 2.55 bits per heavy atom. The molecule has 0 bridgehead atoms. The number of hydrogen-bond donors (Lipinski definition) is 3. The summed E-state index contributed by atoms with van der Waals surface area (Å²) in [6.45, 7) is 4.08. The second-order valence-electron chi connectivity index (χ2n) is 6.47. The summed E-state index contributed by atoms with van der Waals surface area (Å²) in [4.78, 5) is 16.2. The van der Waals surface area contributed by atoms with E-state index in [-0.39, 0.29) is 36.0 Å². The van der Waals surface area contributed by atoms with Crippen LogP contribution in [-0.4, -0.2) is 71.6 Å². The van der Waals surface area contributed by atoms with E-state index in [2.05, 4.69) is 20.9 Å². The molecule has 3 N–H and O–H groups in total. The number of halogens is 1. The van der Waals surface area contributed by atoms with Gasteiger partial charge in [-0.2, -0.15) is 0 Å². The molecule has 1 heterocycles. The lowest BCUT2D eigenvalue weighted by Gasteiger charge is -2.13. The minimum absolute atomic E-state index is 0. The summed E-state index contributed by atoms with van der Waals surface area (Å²) >= 11 is 0. The number of rotatable bonds is 11. The molecule has 1 aliphatic rings. The van der Waals surface area contributed by atoms with Gasteiger partial charge in [-0.3, -0.25) is 9.79 Å². The summed E-state index contributed by atoms with van der Waals surface area (Å²) in [7, 11) is 3.32. The highest BCUT2D eigenvalue weighted by molar-refractivity contribution is 14.0. The van der Waals surface area contributed by atoms with E-state index < -0.39 is 0 Å². The van der Waals surface area contributed by atoms with Gasteiger partial charge in [-0.1, -0.05) is 0 Å². The maximum Gasteiger partial charge on any atom is 0.251 e. The van der Waals surface area contributed by atoms with E-state index >= 15 is 0 Å². The first kappa shape index (κ1) is 25.4. The Labute approximate surface area is 190 Å². The Bertz CT molecular complexity index is 607. The number of nitrogens with zero attached hydrogens (tertiary/aromatic N) is 1. The van der Waals surface area contributed by atoms with Crippen molar-refractivity contribution < 1.29 is 19.0 Å². The van der Waals surface area contributed by atoms with E-state index in [1.807, 2.05) is 0 Å². The van der Waals surface area contributed by atoms with Crippen LogP contribution in [-0.2, 0) is 9.47 Å². The fourth-order valence-corrected chi connectivity index (χ4v) is 2.79. The molecule has 0 aromatic heterocycles. The topological polar surface area (TPSA) is 93.2 Å². The molecule has 1 unspecified atom stereocenters. The zero-order valence-electron chi connectivity index (χ0n) is 17.2. The number of benzene rings is 1. The molecule has 1 saturated heterocycles. The highest BCUT2D eigenvalue weighted by atomic mass is 127. The molecule has 0 spiro atoms. The van der Waals surface area contributed by atoms with Crippen molar-refractivity contribution in [2.24, 2.45) is 4.99 Å². The summed E-state index contributed by atoms with van der Waals surface area (Å²) < 4.78 is 16.2. The van der Waals surface area contributed by atoms with E-state index in [1.54, 1.807) is 38.4 Å². The van der Waals surface area contributed by atoms with Crippen LogP contribution in [0.3, 0.4) is 0 Å². The van der Waals surface area contributed by atoms with E-state index in [0.717, 1.165) is 38.2 Å². The molecule has 1 amide bonds. The lowest BCUT2D eigenvalue weighted by Crippen LogP contribution is -2.42. The quantitative estimate of drug-likeness (QED) is 0.178. The minimum Gasteiger partial charge on any atom is -0.497 e. The van der Waals surface area contributed by atoms with Gasteiger partial charge < -0.3 is 30.2 Å². The predicted molar refractivity (Wildman–Crippen MR) is 125 cm³/mol. The molecule has 0 aliphatic carbocycles. The number of amides is 1. The average Bonchev–Trinajstić information content (AvgIpc) is 3.25. The van der Waals surface area contributed by atoms with Gasteiger partial charge in [-0.25, -0.2) is 0 Å². The fourth-order valence-electron chi connectivity index (χ4n) is 2.79. The number of guanidine groups is 1. The van der Waals surface area contributed by atoms with Gasteiger partial charge in [0, 0.05) is 45.5 Å². The third-order valence-corrected chi connectivity index (χ3v) is 4.36. The van der Waals surface area contributed by atoms with Gasteiger partial charge in [-0.15, -0.1) is 24.0 Å². The SMILES string of the molecule is CN=C(NCCCOCC1CCCO1)NCCNC(=O)c1ccc(OC)cc1.I. The second-order valence-corrected chi connectivity index (χ2v) is 6.47. The molecule has 1 aliphatic heterocycles. The van der Waals surface area contributed by atoms with Gasteiger partial charge in [0.05, 0.1) is 19.8 Å². The lowest BCUT2D eigenvalue weighted by atomic mass is 10.2. The van der Waals surface area contributed by atoms with Crippen molar-refractivity contribution in [1.82, 2.24) is 16.0 Å². The molecule has 0 radical (unpaired) electrons. The van der Waals surface area contributed by atoms with Crippen molar-refractivity contribution in [3.63, 3.8) is 0 Å². The Morgan fingerprint density at radius 2 is 1.90 bits per heavy atom. The van der Waals surface area contributed by atoms with Gasteiger partial charge in [0.2, 0.25) is 0 Å². The molecule has 1 fully saturated rings. The summed E-state index contributed by atoms with van der Waals surface area (Å²) in [6, 6.07) is 7.01. The Morgan fingerprint density at radius 1 is 1.17 bits per heavy atom. The number of methoxy groups -OCH3 is 1. The van der Waals surface area contributed by atoms with Crippen molar-refractivity contribution in [2.45, 2.75) is 25.4 Å². The van der Waals surface area contributed by atoms with E-state index in [0.29, 0.717) is 37.8 Å². The standard InChI is InChI=1S/C20H32N4O4.HI/c1-21-20(23-10-4-13-27-15-18-5-3-14-28-18)24-12-11-22-19(25)16-6-8-17(26-2)9-7-16;/h6-9,18H,3-5,10-15H2,1-2H3,(H,22,25)(H2,21,23,24);1H. The Kier molecular flexibility index (Phi) is 13.4. The van der Waals surface area contributed by atoms with Crippen molar-refractivity contribution in [2.75, 3.05) is 53.6 Å². The van der Waals surface area contributed by atoms with Crippen LogP contribution in [0.5, 0.6) is 5.75 Å². The molecule has 29 heavy (non-hydrogen) atoms. The fraction of sp³-hybridized carbons (Fsp3) is 0.600. The first-order valence-electron chi connectivity index (χ1n) is 9.79. The highest BCUT2D eigenvalue weighted by Crippen LogP contribution is 2.12. The first-order valence-corrected chi connectivity index (χ1v) is 9.79. The third-order valence-electron chi connectivity index (χ3n) is 4.36. The van der Waals surface area contributed by atoms with Crippen LogP contribution in [0.4, 0.5) is 0 Å². The monoisotopic (exact) mass is 520 g/mol. The molecule has 1 aromatic rings. The van der Waals surface area contributed by atoms with Gasteiger partial charge in [0.15, 0.2) is 5.96 Å². The van der Waals surface area contributed by atoms with E-state index in [1.165, 1.54) is 0 Å². The molecule has 9 heteroatoms. The number of ether oxygens (including phenoxy) is 3. The predicted octanol–water partition coefficient (Wildman–Crippen LogP) is 1.79. The van der Waals surface area contributed by atoms with Crippen molar-refractivity contribution in [1.29, 1.82) is 0 Å². The normalized spacial score (nSPS) is 16.1. The molecule has 0 saturated carbocycles. The van der Waals surface area contributed by atoms with E-state index in [4.69, 9.17) is 14.2 Å². The number of aliphatic imine (C=N–C) groups is 1. The molecule has 1 aromatic carbocycles. The van der Waals surface area contributed by atoms with Crippen LogP contribution in [0.25, 0.3) is 0 Å². The molecular weight excluding hydrogens is 487 g/mol. The molecule has 1 atom stereocenters. The summed E-state index contributed by atoms with van der Waals surface area (Å²) in [5.74, 6) is 1.32. The smallest absolute Gasteiger partial charge is 0.251 e. The zero-order valence-corrected chi connectivity index (χ0v) is 19.6.